The third-order valence-electron chi connectivity index (χ3n) is 4.73. The minimum Gasteiger partial charge on any atom is -0.403 e. The molecule has 0 unspecified atom stereocenters. The molecule has 4 heteroatoms. The van der Waals surface area contributed by atoms with Gasteiger partial charge >= 0.3 is 7.12 Å². The highest BCUT2D eigenvalue weighted by Crippen LogP contribution is 2.58. The maximum atomic E-state index is 6.08. The Morgan fingerprint density at radius 1 is 1.06 bits per heavy atom. The van der Waals surface area contributed by atoms with Gasteiger partial charge < -0.3 is 14.0 Å². The van der Waals surface area contributed by atoms with Crippen LogP contribution in [0.2, 0.25) is 5.82 Å². The third kappa shape index (κ3) is 1.46. The molecule has 3 fully saturated rings. The summed E-state index contributed by atoms with van der Waals surface area (Å²) < 4.78 is 17.9. The molecule has 0 bridgehead atoms. The molecule has 0 aromatic rings. The third-order valence-corrected chi connectivity index (χ3v) is 4.73. The first-order valence-electron chi connectivity index (χ1n) is 6.40. The molecule has 3 aliphatic rings. The quantitative estimate of drug-likeness (QED) is 0.639. The highest BCUT2D eigenvalue weighted by Gasteiger charge is 2.65. The summed E-state index contributed by atoms with van der Waals surface area (Å²) in [6.07, 6.45) is 2.87. The van der Waals surface area contributed by atoms with Crippen LogP contribution in [0.25, 0.3) is 0 Å². The summed E-state index contributed by atoms with van der Waals surface area (Å²) in [5, 5.41) is 0. The van der Waals surface area contributed by atoms with Crippen molar-refractivity contribution in [3.05, 3.63) is 0 Å². The predicted octanol–water partition coefficient (Wildman–Crippen LogP) is 2.26. The molecule has 2 heterocycles. The number of fused-ring (bicyclic) bond motifs is 1. The molecular formula is C12H21BO3. The first-order valence-corrected chi connectivity index (χ1v) is 6.40. The van der Waals surface area contributed by atoms with E-state index in [4.69, 9.17) is 14.0 Å². The summed E-state index contributed by atoms with van der Waals surface area (Å²) in [5.74, 6) is 1.16. The molecule has 90 valence electrons. The molecular weight excluding hydrogens is 203 g/mol. The Morgan fingerprint density at radius 2 is 1.69 bits per heavy atom. The Balaban J connectivity index is 1.71. The topological polar surface area (TPSA) is 27.7 Å². The van der Waals surface area contributed by atoms with E-state index in [9.17, 15) is 0 Å². The standard InChI is InChI=1S/C12H21BO3/c1-11(2)12(3,4)16-13(15-11)9-8-6-5-7-14-10(8)9/h8-10H,5-7H2,1-4H3/t8-,9-,10-/m1/s1. The second-order valence-corrected chi connectivity index (χ2v) is 6.34. The molecule has 3 rings (SSSR count). The predicted molar refractivity (Wildman–Crippen MR) is 62.3 cm³/mol. The van der Waals surface area contributed by atoms with Crippen LogP contribution < -0.4 is 0 Å². The first kappa shape index (κ1) is 11.1. The summed E-state index contributed by atoms with van der Waals surface area (Å²) in [4.78, 5) is 0. The molecule has 0 radical (unpaired) electrons. The zero-order chi connectivity index (χ0) is 11.6. The van der Waals surface area contributed by atoms with E-state index in [0.717, 1.165) is 6.61 Å². The maximum absolute atomic E-state index is 6.08. The average molecular weight is 224 g/mol. The molecule has 1 aliphatic carbocycles. The van der Waals surface area contributed by atoms with Gasteiger partial charge in [0.15, 0.2) is 0 Å². The van der Waals surface area contributed by atoms with Gasteiger partial charge in [-0.2, -0.15) is 0 Å². The molecule has 16 heavy (non-hydrogen) atoms. The fourth-order valence-corrected chi connectivity index (χ4v) is 2.90. The Labute approximate surface area is 98.0 Å². The van der Waals surface area contributed by atoms with Crippen molar-refractivity contribution in [2.75, 3.05) is 6.61 Å². The van der Waals surface area contributed by atoms with Crippen LogP contribution in [0.15, 0.2) is 0 Å². The van der Waals surface area contributed by atoms with Crippen molar-refractivity contribution < 1.29 is 14.0 Å². The fourth-order valence-electron chi connectivity index (χ4n) is 2.90. The minimum atomic E-state index is -0.205. The molecule has 3 atom stereocenters. The number of hydrogen-bond donors (Lipinski definition) is 0. The van der Waals surface area contributed by atoms with Crippen LogP contribution in [0.1, 0.15) is 40.5 Å². The molecule has 2 aliphatic heterocycles. The average Bonchev–Trinajstić information content (AvgIpc) is 2.84. The smallest absolute Gasteiger partial charge is 0.403 e. The monoisotopic (exact) mass is 224 g/mol. The van der Waals surface area contributed by atoms with Crippen LogP contribution in [0.4, 0.5) is 0 Å². The molecule has 3 nitrogen and oxygen atoms in total. The lowest BCUT2D eigenvalue weighted by Gasteiger charge is -2.32. The Bertz CT molecular complexity index is 275. The largest absolute Gasteiger partial charge is 0.464 e. The van der Waals surface area contributed by atoms with Gasteiger partial charge in [-0.1, -0.05) is 0 Å². The van der Waals surface area contributed by atoms with E-state index >= 15 is 0 Å². The van der Waals surface area contributed by atoms with E-state index in [-0.39, 0.29) is 18.3 Å². The Kier molecular flexibility index (Phi) is 2.24. The van der Waals surface area contributed by atoms with Gasteiger partial charge in [0.25, 0.3) is 0 Å². The number of hydrogen-bond acceptors (Lipinski definition) is 3. The second kappa shape index (κ2) is 3.24. The lowest BCUT2D eigenvalue weighted by atomic mass is 9.80. The molecule has 1 saturated carbocycles. The highest BCUT2D eigenvalue weighted by molar-refractivity contribution is 6.49. The lowest BCUT2D eigenvalue weighted by molar-refractivity contribution is 0.00578. The van der Waals surface area contributed by atoms with Gasteiger partial charge in [0.2, 0.25) is 0 Å². The highest BCUT2D eigenvalue weighted by atomic mass is 16.7. The SMILES string of the molecule is CC1(C)OB([C@@H]2[C@H]3CCCO[C@H]32)OC1(C)C. The summed E-state index contributed by atoms with van der Waals surface area (Å²) in [6.45, 7) is 9.36. The summed E-state index contributed by atoms with van der Waals surface area (Å²) in [5.41, 5.74) is -0.410. The number of rotatable bonds is 1. The lowest BCUT2D eigenvalue weighted by Crippen LogP contribution is -2.41. The second-order valence-electron chi connectivity index (χ2n) is 6.34. The van der Waals surface area contributed by atoms with Gasteiger partial charge in [-0.05, 0) is 46.5 Å². The van der Waals surface area contributed by atoms with Gasteiger partial charge in [-0.3, -0.25) is 0 Å². The molecule has 0 spiro atoms. The van der Waals surface area contributed by atoms with Crippen molar-refractivity contribution in [2.24, 2.45) is 5.92 Å². The van der Waals surface area contributed by atoms with Gasteiger partial charge in [0, 0.05) is 12.4 Å². The van der Waals surface area contributed by atoms with Gasteiger partial charge in [-0.15, -0.1) is 0 Å². The first-order chi connectivity index (χ1) is 7.42. The molecule has 0 aromatic heterocycles. The van der Waals surface area contributed by atoms with Crippen LogP contribution in [-0.4, -0.2) is 31.0 Å². The van der Waals surface area contributed by atoms with Crippen molar-refractivity contribution in [3.8, 4) is 0 Å². The van der Waals surface area contributed by atoms with Crippen LogP contribution in [0, 0.1) is 5.92 Å². The Morgan fingerprint density at radius 3 is 2.19 bits per heavy atom. The van der Waals surface area contributed by atoms with Crippen molar-refractivity contribution in [2.45, 2.75) is 63.7 Å². The van der Waals surface area contributed by atoms with E-state index in [0.29, 0.717) is 17.8 Å². The summed E-state index contributed by atoms with van der Waals surface area (Å²) in [7, 11) is -0.0573. The van der Waals surface area contributed by atoms with Crippen LogP contribution in [0.5, 0.6) is 0 Å². The van der Waals surface area contributed by atoms with Crippen LogP contribution in [-0.2, 0) is 14.0 Å². The van der Waals surface area contributed by atoms with Crippen LogP contribution >= 0.6 is 0 Å². The molecule has 0 N–H and O–H groups in total. The van der Waals surface area contributed by atoms with Gasteiger partial charge in [-0.25, -0.2) is 0 Å². The minimum absolute atomic E-state index is 0.0573. The van der Waals surface area contributed by atoms with Crippen molar-refractivity contribution >= 4 is 7.12 Å². The molecule has 0 aromatic carbocycles. The normalized spacial score (nSPS) is 44.2. The van der Waals surface area contributed by atoms with E-state index in [1.165, 1.54) is 12.8 Å². The fraction of sp³-hybridized carbons (Fsp3) is 1.00. The van der Waals surface area contributed by atoms with E-state index in [1.54, 1.807) is 0 Å². The van der Waals surface area contributed by atoms with Crippen molar-refractivity contribution in [1.29, 1.82) is 0 Å². The molecule has 2 saturated heterocycles. The maximum Gasteiger partial charge on any atom is 0.464 e. The van der Waals surface area contributed by atoms with Gasteiger partial charge in [0.1, 0.15) is 0 Å². The summed E-state index contributed by atoms with van der Waals surface area (Å²) in [6, 6.07) is 0. The van der Waals surface area contributed by atoms with E-state index < -0.39 is 0 Å². The van der Waals surface area contributed by atoms with E-state index in [2.05, 4.69) is 27.7 Å². The summed E-state index contributed by atoms with van der Waals surface area (Å²) >= 11 is 0. The van der Waals surface area contributed by atoms with Crippen molar-refractivity contribution in [3.63, 3.8) is 0 Å². The Hall–Kier alpha value is -0.0551. The zero-order valence-electron chi connectivity index (χ0n) is 10.7. The zero-order valence-corrected chi connectivity index (χ0v) is 10.7. The van der Waals surface area contributed by atoms with Crippen molar-refractivity contribution in [1.82, 2.24) is 0 Å². The number of ether oxygens (including phenoxy) is 1. The van der Waals surface area contributed by atoms with Crippen LogP contribution in [0.3, 0.4) is 0 Å². The molecule has 0 amide bonds. The van der Waals surface area contributed by atoms with E-state index in [1.807, 2.05) is 0 Å². The van der Waals surface area contributed by atoms with Gasteiger partial charge in [0.05, 0.1) is 17.3 Å².